The van der Waals surface area contributed by atoms with E-state index in [0.717, 1.165) is 16.3 Å². The quantitative estimate of drug-likeness (QED) is 0.573. The van der Waals surface area contributed by atoms with Crippen LogP contribution in [0.1, 0.15) is 18.0 Å². The third-order valence-corrected chi connectivity index (χ3v) is 4.55. The number of carbonyl (C=O) groups excluding carboxylic acids is 1. The van der Waals surface area contributed by atoms with Crippen molar-refractivity contribution in [2.24, 2.45) is 0 Å². The van der Waals surface area contributed by atoms with Gasteiger partial charge in [-0.05, 0) is 36.1 Å². The van der Waals surface area contributed by atoms with Crippen molar-refractivity contribution in [1.29, 1.82) is 0 Å². The zero-order chi connectivity index (χ0) is 20.1. The molecule has 0 spiro atoms. The first-order valence-corrected chi connectivity index (χ1v) is 8.96. The number of amides is 2. The van der Waals surface area contributed by atoms with Gasteiger partial charge in [-0.2, -0.15) is 0 Å². The first-order valence-electron chi connectivity index (χ1n) is 8.58. The summed E-state index contributed by atoms with van der Waals surface area (Å²) in [5, 5.41) is 16.5. The zero-order valence-electron chi connectivity index (χ0n) is 15.1. The lowest BCUT2D eigenvalue weighted by molar-refractivity contribution is 0.239. The molecule has 3 rings (SSSR count). The number of carbonyl (C=O) groups is 1. The van der Waals surface area contributed by atoms with E-state index in [2.05, 4.69) is 15.6 Å². The first-order chi connectivity index (χ1) is 13.5. The molecule has 0 radical (unpaired) electrons. The lowest BCUT2D eigenvalue weighted by Crippen LogP contribution is -2.33. The van der Waals surface area contributed by atoms with Crippen LogP contribution in [0.5, 0.6) is 5.88 Å². The smallest absolute Gasteiger partial charge is 0.319 e. The summed E-state index contributed by atoms with van der Waals surface area (Å²) >= 11 is 5.74. The first kappa shape index (κ1) is 19.9. The fourth-order valence-corrected chi connectivity index (χ4v) is 3.14. The maximum atomic E-state index is 13.3. The summed E-state index contributed by atoms with van der Waals surface area (Å²) in [6, 6.07) is 10.4. The highest BCUT2D eigenvalue weighted by Crippen LogP contribution is 2.30. The standard InChI is InChI=1S/C20H19ClFN3O3/c1-28-19-14-5-3-2-4-13(14)15(11-23-19)18(8-9-26)25-20(27)24-12-6-7-17(22)16(21)10-12/h2-7,10-11,18,26H,8-9H2,1H3,(H2,24,25,27)/t18-/m1/s1. The minimum atomic E-state index is -0.568. The van der Waals surface area contributed by atoms with E-state index in [-0.39, 0.29) is 18.1 Å². The van der Waals surface area contributed by atoms with Crippen LogP contribution in [0, 0.1) is 5.82 Å². The van der Waals surface area contributed by atoms with Crippen LogP contribution in [0.25, 0.3) is 10.8 Å². The zero-order valence-corrected chi connectivity index (χ0v) is 15.8. The fraction of sp³-hybridized carbons (Fsp3) is 0.200. The van der Waals surface area contributed by atoms with Crippen LogP contribution in [-0.4, -0.2) is 29.8 Å². The number of halogens is 2. The topological polar surface area (TPSA) is 83.5 Å². The van der Waals surface area contributed by atoms with E-state index in [9.17, 15) is 14.3 Å². The summed E-state index contributed by atoms with van der Waals surface area (Å²) in [5.41, 5.74) is 1.10. The Balaban J connectivity index is 1.86. The largest absolute Gasteiger partial charge is 0.481 e. The van der Waals surface area contributed by atoms with Crippen LogP contribution in [0.2, 0.25) is 5.02 Å². The molecule has 0 saturated heterocycles. The Morgan fingerprint density at radius 2 is 2.04 bits per heavy atom. The number of hydrogen-bond donors (Lipinski definition) is 3. The summed E-state index contributed by atoms with van der Waals surface area (Å²) in [5.74, 6) is -0.0888. The minimum absolute atomic E-state index is 0.0879. The van der Waals surface area contributed by atoms with E-state index in [1.54, 1.807) is 13.3 Å². The predicted molar refractivity (Wildman–Crippen MR) is 106 cm³/mol. The van der Waals surface area contributed by atoms with E-state index < -0.39 is 17.9 Å². The Bertz CT molecular complexity index is 1000. The van der Waals surface area contributed by atoms with Crippen LogP contribution in [0.15, 0.2) is 48.7 Å². The average molecular weight is 404 g/mol. The van der Waals surface area contributed by atoms with Gasteiger partial charge in [0.15, 0.2) is 0 Å². The van der Waals surface area contributed by atoms with Gasteiger partial charge < -0.3 is 20.5 Å². The summed E-state index contributed by atoms with van der Waals surface area (Å²) < 4.78 is 18.6. The van der Waals surface area contributed by atoms with Crippen LogP contribution in [0.3, 0.4) is 0 Å². The summed E-state index contributed by atoms with van der Waals surface area (Å²) in [6.45, 7) is -0.131. The molecule has 0 aliphatic rings. The Morgan fingerprint density at radius 3 is 2.71 bits per heavy atom. The number of urea groups is 1. The Kier molecular flexibility index (Phi) is 6.28. The van der Waals surface area contributed by atoms with Crippen molar-refractivity contribution < 1.29 is 19.0 Å². The fourth-order valence-electron chi connectivity index (χ4n) is 2.96. The van der Waals surface area contributed by atoms with E-state index in [1.807, 2.05) is 24.3 Å². The number of rotatable bonds is 6. The van der Waals surface area contributed by atoms with Crippen LogP contribution in [0.4, 0.5) is 14.9 Å². The summed E-state index contributed by atoms with van der Waals surface area (Å²) in [6.07, 6.45) is 1.91. The third-order valence-electron chi connectivity index (χ3n) is 4.26. The van der Waals surface area contributed by atoms with Crippen molar-refractivity contribution in [3.63, 3.8) is 0 Å². The molecule has 28 heavy (non-hydrogen) atoms. The maximum absolute atomic E-state index is 13.3. The molecule has 0 aliphatic carbocycles. The third kappa shape index (κ3) is 4.32. The molecular weight excluding hydrogens is 385 g/mol. The Morgan fingerprint density at radius 1 is 1.29 bits per heavy atom. The van der Waals surface area contributed by atoms with Crippen LogP contribution >= 0.6 is 11.6 Å². The number of hydrogen-bond acceptors (Lipinski definition) is 4. The highest BCUT2D eigenvalue weighted by molar-refractivity contribution is 6.31. The number of aliphatic hydroxyl groups excluding tert-OH is 1. The predicted octanol–water partition coefficient (Wildman–Crippen LogP) is 4.28. The molecule has 3 N–H and O–H groups in total. The average Bonchev–Trinajstić information content (AvgIpc) is 2.69. The van der Waals surface area contributed by atoms with Gasteiger partial charge in [0.05, 0.1) is 18.2 Å². The number of benzene rings is 2. The van der Waals surface area contributed by atoms with Gasteiger partial charge in [0.2, 0.25) is 5.88 Å². The molecule has 1 atom stereocenters. The van der Waals surface area contributed by atoms with Crippen molar-refractivity contribution in [2.45, 2.75) is 12.5 Å². The molecule has 0 aliphatic heterocycles. The number of aliphatic hydroxyl groups is 1. The summed E-state index contributed by atoms with van der Waals surface area (Å²) in [4.78, 5) is 16.7. The SMILES string of the molecule is COc1ncc([C@@H](CCO)NC(=O)Nc2ccc(F)c(Cl)c2)c2ccccc12. The molecule has 8 heteroatoms. The normalized spacial score (nSPS) is 11.9. The number of methoxy groups -OCH3 is 1. The highest BCUT2D eigenvalue weighted by Gasteiger charge is 2.19. The van der Waals surface area contributed by atoms with Gasteiger partial charge >= 0.3 is 6.03 Å². The second-order valence-electron chi connectivity index (χ2n) is 6.06. The van der Waals surface area contributed by atoms with Crippen molar-refractivity contribution in [2.75, 3.05) is 19.0 Å². The molecular formula is C20H19ClFN3O3. The molecule has 2 amide bonds. The lowest BCUT2D eigenvalue weighted by atomic mass is 9.99. The second-order valence-corrected chi connectivity index (χ2v) is 6.47. The molecule has 0 saturated carbocycles. The van der Waals surface area contributed by atoms with E-state index in [4.69, 9.17) is 16.3 Å². The van der Waals surface area contributed by atoms with Crippen molar-refractivity contribution >= 4 is 34.1 Å². The van der Waals surface area contributed by atoms with Gasteiger partial charge in [-0.25, -0.2) is 14.2 Å². The number of ether oxygens (including phenoxy) is 1. The molecule has 1 heterocycles. The molecule has 0 fully saturated rings. The number of anilines is 1. The van der Waals surface area contributed by atoms with Crippen LogP contribution < -0.4 is 15.4 Å². The number of fused-ring (bicyclic) bond motifs is 1. The van der Waals surface area contributed by atoms with Gasteiger partial charge in [0, 0.05) is 29.4 Å². The van der Waals surface area contributed by atoms with Gasteiger partial charge in [0.1, 0.15) is 5.82 Å². The number of aromatic nitrogens is 1. The molecule has 146 valence electrons. The number of nitrogens with one attached hydrogen (secondary N) is 2. The van der Waals surface area contributed by atoms with E-state index >= 15 is 0 Å². The minimum Gasteiger partial charge on any atom is -0.481 e. The van der Waals surface area contributed by atoms with Crippen molar-refractivity contribution in [3.8, 4) is 5.88 Å². The van der Waals surface area contributed by atoms with Gasteiger partial charge in [-0.1, -0.05) is 29.8 Å². The highest BCUT2D eigenvalue weighted by atomic mass is 35.5. The molecule has 2 aromatic carbocycles. The maximum Gasteiger partial charge on any atom is 0.319 e. The summed E-state index contributed by atoms with van der Waals surface area (Å²) in [7, 11) is 1.54. The van der Waals surface area contributed by atoms with Crippen molar-refractivity contribution in [3.05, 3.63) is 65.1 Å². The van der Waals surface area contributed by atoms with Gasteiger partial charge in [-0.3, -0.25) is 0 Å². The molecule has 0 bridgehead atoms. The molecule has 1 aromatic heterocycles. The lowest BCUT2D eigenvalue weighted by Gasteiger charge is -2.21. The van der Waals surface area contributed by atoms with Gasteiger partial charge in [-0.15, -0.1) is 0 Å². The van der Waals surface area contributed by atoms with Gasteiger partial charge in [0.25, 0.3) is 0 Å². The van der Waals surface area contributed by atoms with Crippen molar-refractivity contribution in [1.82, 2.24) is 10.3 Å². The monoisotopic (exact) mass is 403 g/mol. The number of nitrogens with zero attached hydrogens (tertiary/aromatic N) is 1. The molecule has 0 unspecified atom stereocenters. The van der Waals surface area contributed by atoms with E-state index in [1.165, 1.54) is 18.2 Å². The molecule has 3 aromatic rings. The van der Waals surface area contributed by atoms with E-state index in [0.29, 0.717) is 11.6 Å². The van der Waals surface area contributed by atoms with Crippen LogP contribution in [-0.2, 0) is 0 Å². The number of pyridine rings is 1. The Hall–Kier alpha value is -2.90. The Labute approximate surface area is 166 Å². The molecule has 6 nitrogen and oxygen atoms in total. The second kappa shape index (κ2) is 8.86.